The molecule has 0 saturated carbocycles. The fourth-order valence-corrected chi connectivity index (χ4v) is 1.47. The first-order valence-electron chi connectivity index (χ1n) is 3.97. The molecule has 0 bridgehead atoms. The minimum absolute atomic E-state index is 0.340. The van der Waals surface area contributed by atoms with E-state index in [4.69, 9.17) is 10.8 Å². The van der Waals surface area contributed by atoms with Crippen LogP contribution >= 0.6 is 0 Å². The Morgan fingerprint density at radius 2 is 2.31 bits per heavy atom. The Bertz CT molecular complexity index is 309. The summed E-state index contributed by atoms with van der Waals surface area (Å²) < 4.78 is 12.8. The van der Waals surface area contributed by atoms with E-state index in [9.17, 15) is 9.18 Å². The molecule has 3 nitrogen and oxygen atoms in total. The van der Waals surface area contributed by atoms with Crippen LogP contribution in [-0.2, 0) is 4.79 Å². The van der Waals surface area contributed by atoms with Crippen molar-refractivity contribution >= 4 is 5.97 Å². The number of rotatable bonds is 1. The molecular formula is C9H12FNO2. The number of allylic oxidation sites excluding steroid dienone is 2. The van der Waals surface area contributed by atoms with Gasteiger partial charge in [0.15, 0.2) is 0 Å². The van der Waals surface area contributed by atoms with Gasteiger partial charge in [-0.2, -0.15) is 0 Å². The zero-order valence-corrected chi connectivity index (χ0v) is 7.54. The first-order chi connectivity index (χ1) is 5.89. The molecule has 0 aromatic rings. The quantitative estimate of drug-likeness (QED) is 0.645. The van der Waals surface area contributed by atoms with Crippen molar-refractivity contribution in [2.45, 2.75) is 19.4 Å². The van der Waals surface area contributed by atoms with Crippen LogP contribution in [0, 0.1) is 5.92 Å². The number of halogens is 1. The van der Waals surface area contributed by atoms with E-state index in [1.165, 1.54) is 13.0 Å². The molecule has 3 N–H and O–H groups in total. The lowest BCUT2D eigenvalue weighted by atomic mass is 9.77. The molecule has 2 atom stereocenters. The summed E-state index contributed by atoms with van der Waals surface area (Å²) in [6.07, 6.45) is 2.38. The minimum atomic E-state index is -1.46. The number of aliphatic carboxylic acids is 1. The summed E-state index contributed by atoms with van der Waals surface area (Å²) in [6.45, 7) is 3.11. The molecule has 1 aliphatic rings. The van der Waals surface area contributed by atoms with Crippen LogP contribution in [0.4, 0.5) is 4.39 Å². The van der Waals surface area contributed by atoms with Crippen molar-refractivity contribution in [2.24, 2.45) is 11.7 Å². The zero-order chi connectivity index (χ0) is 10.2. The standard InChI is InChI=1S/C9H12FNO2/c1-5-3-7(10)4-6(2)9(5,11)8(12)13/h3-5H,11H2,1-2H3,(H,12,13). The Morgan fingerprint density at radius 3 is 2.69 bits per heavy atom. The molecule has 0 spiro atoms. The third-order valence-corrected chi connectivity index (χ3v) is 2.49. The number of carbonyl (C=O) groups is 1. The lowest BCUT2D eigenvalue weighted by Gasteiger charge is -2.32. The molecule has 0 aromatic carbocycles. The number of hydrogen-bond acceptors (Lipinski definition) is 2. The lowest BCUT2D eigenvalue weighted by Crippen LogP contribution is -2.54. The first kappa shape index (κ1) is 9.92. The average molecular weight is 185 g/mol. The van der Waals surface area contributed by atoms with Gasteiger partial charge in [0.2, 0.25) is 0 Å². The third-order valence-electron chi connectivity index (χ3n) is 2.49. The maximum atomic E-state index is 12.8. The molecule has 0 aliphatic heterocycles. The van der Waals surface area contributed by atoms with E-state index in [0.29, 0.717) is 5.57 Å². The highest BCUT2D eigenvalue weighted by atomic mass is 19.1. The van der Waals surface area contributed by atoms with Gasteiger partial charge in [-0.25, -0.2) is 9.18 Å². The Balaban J connectivity index is 3.16. The second-order valence-corrected chi connectivity index (χ2v) is 3.34. The largest absolute Gasteiger partial charge is 0.480 e. The van der Waals surface area contributed by atoms with Gasteiger partial charge < -0.3 is 10.8 Å². The molecule has 0 radical (unpaired) electrons. The maximum absolute atomic E-state index is 12.8. The first-order valence-corrected chi connectivity index (χ1v) is 3.97. The number of nitrogens with two attached hydrogens (primary N) is 1. The summed E-state index contributed by atoms with van der Waals surface area (Å²) in [4.78, 5) is 10.9. The molecule has 72 valence electrons. The van der Waals surface area contributed by atoms with E-state index in [-0.39, 0.29) is 0 Å². The third kappa shape index (κ3) is 1.37. The van der Waals surface area contributed by atoms with Gasteiger partial charge in [-0.05, 0) is 24.6 Å². The summed E-state index contributed by atoms with van der Waals surface area (Å²) in [7, 11) is 0. The van der Waals surface area contributed by atoms with Gasteiger partial charge in [-0.15, -0.1) is 0 Å². The Morgan fingerprint density at radius 1 is 1.77 bits per heavy atom. The van der Waals surface area contributed by atoms with E-state index in [1.54, 1.807) is 6.92 Å². The van der Waals surface area contributed by atoms with Crippen LogP contribution in [0.5, 0.6) is 0 Å². The molecule has 1 rings (SSSR count). The molecule has 13 heavy (non-hydrogen) atoms. The Labute approximate surface area is 75.7 Å². The highest BCUT2D eigenvalue weighted by molar-refractivity contribution is 5.84. The summed E-state index contributed by atoms with van der Waals surface area (Å²) >= 11 is 0. The van der Waals surface area contributed by atoms with Crippen LogP contribution in [0.15, 0.2) is 23.6 Å². The van der Waals surface area contributed by atoms with E-state index < -0.39 is 23.3 Å². The summed E-state index contributed by atoms with van der Waals surface area (Å²) in [5.41, 5.74) is 4.55. The fraction of sp³-hybridized carbons (Fsp3) is 0.444. The van der Waals surface area contributed by atoms with Crippen LogP contribution in [0.2, 0.25) is 0 Å². The van der Waals surface area contributed by atoms with E-state index >= 15 is 0 Å². The highest BCUT2D eigenvalue weighted by Gasteiger charge is 2.42. The molecule has 4 heteroatoms. The van der Waals surface area contributed by atoms with E-state index in [2.05, 4.69) is 0 Å². The van der Waals surface area contributed by atoms with Gasteiger partial charge in [-0.1, -0.05) is 6.92 Å². The highest BCUT2D eigenvalue weighted by Crippen LogP contribution is 2.31. The van der Waals surface area contributed by atoms with Crippen molar-refractivity contribution in [1.82, 2.24) is 0 Å². The Kier molecular flexibility index (Phi) is 2.26. The number of hydrogen-bond donors (Lipinski definition) is 2. The predicted octanol–water partition coefficient (Wildman–Crippen LogP) is 1.22. The van der Waals surface area contributed by atoms with Gasteiger partial charge >= 0.3 is 5.97 Å². The fourth-order valence-electron chi connectivity index (χ4n) is 1.47. The van der Waals surface area contributed by atoms with Gasteiger partial charge in [0, 0.05) is 5.92 Å². The van der Waals surface area contributed by atoms with Crippen molar-refractivity contribution in [3.8, 4) is 0 Å². The van der Waals surface area contributed by atoms with Crippen molar-refractivity contribution in [3.63, 3.8) is 0 Å². The van der Waals surface area contributed by atoms with Crippen LogP contribution in [0.1, 0.15) is 13.8 Å². The lowest BCUT2D eigenvalue weighted by molar-refractivity contribution is -0.143. The van der Waals surface area contributed by atoms with Gasteiger partial charge in [0.25, 0.3) is 0 Å². The van der Waals surface area contributed by atoms with Crippen LogP contribution in [0.25, 0.3) is 0 Å². The summed E-state index contributed by atoms with van der Waals surface area (Å²) in [5.74, 6) is -2.08. The SMILES string of the molecule is CC1=CC(F)=CC(C)C1(N)C(=O)O. The number of carboxylic acid groups (broad SMARTS) is 1. The average Bonchev–Trinajstić information content (AvgIpc) is 1.99. The molecule has 1 aliphatic carbocycles. The molecule has 0 heterocycles. The molecule has 2 unspecified atom stereocenters. The van der Waals surface area contributed by atoms with Gasteiger partial charge in [0.1, 0.15) is 11.4 Å². The normalized spacial score (nSPS) is 33.7. The predicted molar refractivity (Wildman–Crippen MR) is 46.7 cm³/mol. The van der Waals surface area contributed by atoms with Gasteiger partial charge in [0.05, 0.1) is 0 Å². The monoisotopic (exact) mass is 185 g/mol. The molecule has 0 amide bonds. The van der Waals surface area contributed by atoms with Crippen LogP contribution in [-0.4, -0.2) is 16.6 Å². The zero-order valence-electron chi connectivity index (χ0n) is 7.54. The van der Waals surface area contributed by atoms with Crippen molar-refractivity contribution < 1.29 is 14.3 Å². The van der Waals surface area contributed by atoms with Crippen LogP contribution < -0.4 is 5.73 Å². The molecular weight excluding hydrogens is 173 g/mol. The molecule has 0 saturated heterocycles. The smallest absolute Gasteiger partial charge is 0.328 e. The van der Waals surface area contributed by atoms with E-state index in [1.807, 2.05) is 0 Å². The Hall–Kier alpha value is -1.16. The molecule has 0 fully saturated rings. The van der Waals surface area contributed by atoms with Gasteiger partial charge in [-0.3, -0.25) is 0 Å². The van der Waals surface area contributed by atoms with Crippen LogP contribution in [0.3, 0.4) is 0 Å². The van der Waals surface area contributed by atoms with Crippen molar-refractivity contribution in [3.05, 3.63) is 23.6 Å². The molecule has 0 aromatic heterocycles. The summed E-state index contributed by atoms with van der Waals surface area (Å²) in [6, 6.07) is 0. The second-order valence-electron chi connectivity index (χ2n) is 3.34. The van der Waals surface area contributed by atoms with E-state index in [0.717, 1.165) is 6.08 Å². The minimum Gasteiger partial charge on any atom is -0.480 e. The second kappa shape index (κ2) is 2.96. The topological polar surface area (TPSA) is 63.3 Å². The van der Waals surface area contributed by atoms with Crippen molar-refractivity contribution in [2.75, 3.05) is 0 Å². The number of carboxylic acids is 1. The summed E-state index contributed by atoms with van der Waals surface area (Å²) in [5, 5.41) is 8.91. The maximum Gasteiger partial charge on any atom is 0.328 e. The van der Waals surface area contributed by atoms with Crippen molar-refractivity contribution in [1.29, 1.82) is 0 Å².